The average Bonchev–Trinajstić information content (AvgIpc) is 2.93. The van der Waals surface area contributed by atoms with Crippen molar-refractivity contribution in [3.05, 3.63) is 23.2 Å². The van der Waals surface area contributed by atoms with Crippen LogP contribution in [0.25, 0.3) is 11.6 Å². The van der Waals surface area contributed by atoms with E-state index in [1.165, 1.54) is 9.80 Å². The van der Waals surface area contributed by atoms with Gasteiger partial charge in [0.1, 0.15) is 0 Å². The van der Waals surface area contributed by atoms with Gasteiger partial charge in [0.25, 0.3) is 11.8 Å². The second-order valence-electron chi connectivity index (χ2n) is 5.08. The molecule has 0 aromatic carbocycles. The van der Waals surface area contributed by atoms with E-state index in [1.54, 1.807) is 30.9 Å². The molecule has 0 unspecified atom stereocenters. The third-order valence-corrected chi connectivity index (χ3v) is 4.19. The van der Waals surface area contributed by atoms with Gasteiger partial charge < -0.3 is 9.32 Å². The van der Waals surface area contributed by atoms with E-state index in [0.29, 0.717) is 24.3 Å². The second kappa shape index (κ2) is 5.62. The smallest absolute Gasteiger partial charge is 0.271 e. The first-order valence-electron chi connectivity index (χ1n) is 7.29. The molecule has 0 aliphatic carbocycles. The first-order valence-corrected chi connectivity index (χ1v) is 7.70. The summed E-state index contributed by atoms with van der Waals surface area (Å²) in [5, 5.41) is 0.218. The summed E-state index contributed by atoms with van der Waals surface area (Å²) < 4.78 is 5.64. The minimum absolute atomic E-state index is 0.0243. The SMILES string of the molecule is CCN1C(=O)C(=c2nc3c(o2)=CC=CN3C)C(=O)N(CC)C1=S. The number of carbonyl (C=O) groups is 2. The van der Waals surface area contributed by atoms with Crippen molar-refractivity contribution in [2.24, 2.45) is 0 Å². The summed E-state index contributed by atoms with van der Waals surface area (Å²) in [4.78, 5) is 34.1. The zero-order valence-corrected chi connectivity index (χ0v) is 13.9. The summed E-state index contributed by atoms with van der Waals surface area (Å²) in [6.07, 6.45) is 5.36. The number of anilines is 1. The first-order chi connectivity index (χ1) is 11.0. The number of allylic oxidation sites excluding steroid dienone is 1. The van der Waals surface area contributed by atoms with Crippen LogP contribution in [0.4, 0.5) is 5.82 Å². The highest BCUT2D eigenvalue weighted by atomic mass is 32.1. The van der Waals surface area contributed by atoms with Gasteiger partial charge in [0.2, 0.25) is 5.55 Å². The molecular weight excluding hydrogens is 316 g/mol. The van der Waals surface area contributed by atoms with E-state index in [9.17, 15) is 9.59 Å². The van der Waals surface area contributed by atoms with Crippen molar-refractivity contribution in [1.29, 1.82) is 0 Å². The van der Waals surface area contributed by atoms with Crippen LogP contribution in [0.5, 0.6) is 0 Å². The molecule has 0 atom stereocenters. The molecule has 0 spiro atoms. The monoisotopic (exact) mass is 332 g/mol. The van der Waals surface area contributed by atoms with E-state index in [4.69, 9.17) is 16.6 Å². The molecule has 1 saturated heterocycles. The number of oxazole rings is 1. The molecule has 120 valence electrons. The predicted molar refractivity (Wildman–Crippen MR) is 88.5 cm³/mol. The lowest BCUT2D eigenvalue weighted by atomic mass is 10.1. The molecule has 2 aliphatic rings. The number of hydrogen-bond donors (Lipinski definition) is 0. The standard InChI is InChI=1S/C15H16N4O3S/c1-4-18-13(20)10(14(21)19(5-2)15(18)23)12-16-11-9(22-12)7-6-8-17(11)3/h6-8H,4-5H2,1-3H3. The number of fused-ring (bicyclic) bond motifs is 1. The van der Waals surface area contributed by atoms with Crippen LogP contribution in [0.15, 0.2) is 16.7 Å². The van der Waals surface area contributed by atoms with Gasteiger partial charge in [-0.05, 0) is 38.2 Å². The minimum Gasteiger partial charge on any atom is -0.434 e. The Balaban J connectivity index is 2.23. The summed E-state index contributed by atoms with van der Waals surface area (Å²) in [6, 6.07) is 0. The Morgan fingerprint density at radius 3 is 2.30 bits per heavy atom. The zero-order chi connectivity index (χ0) is 16.7. The van der Waals surface area contributed by atoms with Crippen LogP contribution in [0.3, 0.4) is 0 Å². The van der Waals surface area contributed by atoms with E-state index in [-0.39, 0.29) is 16.2 Å². The first kappa shape index (κ1) is 15.4. The van der Waals surface area contributed by atoms with Gasteiger partial charge in [-0.1, -0.05) is 0 Å². The molecule has 7 nitrogen and oxygen atoms in total. The van der Waals surface area contributed by atoms with Gasteiger partial charge in [-0.15, -0.1) is 0 Å². The Morgan fingerprint density at radius 2 is 1.78 bits per heavy atom. The van der Waals surface area contributed by atoms with Crippen LogP contribution >= 0.6 is 12.2 Å². The number of nitrogens with zero attached hydrogens (tertiary/aromatic N) is 4. The largest absolute Gasteiger partial charge is 0.434 e. The Morgan fingerprint density at radius 1 is 1.17 bits per heavy atom. The topological polar surface area (TPSA) is 69.9 Å². The highest BCUT2D eigenvalue weighted by Gasteiger charge is 2.40. The molecule has 8 heteroatoms. The molecule has 0 saturated carbocycles. The second-order valence-corrected chi connectivity index (χ2v) is 5.45. The molecule has 1 aromatic rings. The molecule has 0 radical (unpaired) electrons. The Bertz CT molecular complexity index is 827. The minimum atomic E-state index is -0.471. The summed E-state index contributed by atoms with van der Waals surface area (Å²) in [5.41, 5.74) is 0.451. The highest BCUT2D eigenvalue weighted by molar-refractivity contribution is 7.80. The fourth-order valence-corrected chi connectivity index (χ4v) is 2.97. The van der Waals surface area contributed by atoms with E-state index >= 15 is 0 Å². The fourth-order valence-electron chi connectivity index (χ4n) is 2.54. The molecule has 2 aliphatic heterocycles. The van der Waals surface area contributed by atoms with Gasteiger partial charge in [0.05, 0.1) is 0 Å². The molecular formula is C15H16N4O3S. The van der Waals surface area contributed by atoms with Gasteiger partial charge in [-0.2, -0.15) is 4.98 Å². The van der Waals surface area contributed by atoms with Crippen LogP contribution in [-0.4, -0.2) is 51.8 Å². The summed E-state index contributed by atoms with van der Waals surface area (Å²) >= 11 is 5.23. The number of amides is 2. The maximum atomic E-state index is 12.6. The molecule has 0 N–H and O–H groups in total. The molecule has 1 fully saturated rings. The van der Waals surface area contributed by atoms with Gasteiger partial charge >= 0.3 is 0 Å². The number of rotatable bonds is 2. The lowest BCUT2D eigenvalue weighted by molar-refractivity contribution is -0.130. The zero-order valence-electron chi connectivity index (χ0n) is 13.1. The molecule has 23 heavy (non-hydrogen) atoms. The fraction of sp³-hybridized carbons (Fsp3) is 0.333. The molecule has 0 bridgehead atoms. The van der Waals surface area contributed by atoms with Crippen molar-refractivity contribution in [2.45, 2.75) is 13.8 Å². The maximum Gasteiger partial charge on any atom is 0.271 e. The molecule has 2 amide bonds. The predicted octanol–water partition coefficient (Wildman–Crippen LogP) is -0.435. The van der Waals surface area contributed by atoms with Crippen molar-refractivity contribution < 1.29 is 14.0 Å². The number of thiocarbonyl (C=S) groups is 1. The van der Waals surface area contributed by atoms with Gasteiger partial charge in [-0.25, -0.2) is 0 Å². The molecule has 1 aromatic heterocycles. The van der Waals surface area contributed by atoms with Crippen molar-refractivity contribution in [2.75, 3.05) is 25.0 Å². The third-order valence-electron chi connectivity index (χ3n) is 3.75. The summed E-state index contributed by atoms with van der Waals surface area (Å²) in [5.74, 6) is -0.377. The molecule has 3 heterocycles. The number of carbonyl (C=O) groups excluding carboxylic acids is 2. The van der Waals surface area contributed by atoms with E-state index in [2.05, 4.69) is 4.98 Å². The van der Waals surface area contributed by atoms with Crippen molar-refractivity contribution in [1.82, 2.24) is 14.8 Å². The van der Waals surface area contributed by atoms with E-state index in [0.717, 1.165) is 0 Å². The Labute approximate surface area is 138 Å². The number of aromatic nitrogens is 1. The third kappa shape index (κ3) is 2.26. The highest BCUT2D eigenvalue weighted by Crippen LogP contribution is 2.17. The number of hydrogen-bond acceptors (Lipinski definition) is 6. The maximum absolute atomic E-state index is 12.6. The summed E-state index contributed by atoms with van der Waals surface area (Å²) in [6.45, 7) is 4.35. The lowest BCUT2D eigenvalue weighted by Gasteiger charge is -2.34. The van der Waals surface area contributed by atoms with Crippen molar-refractivity contribution in [3.63, 3.8) is 0 Å². The Kier molecular flexibility index (Phi) is 3.77. The van der Waals surface area contributed by atoms with E-state index < -0.39 is 11.8 Å². The van der Waals surface area contributed by atoms with Crippen LogP contribution in [0.2, 0.25) is 0 Å². The summed E-state index contributed by atoms with van der Waals surface area (Å²) in [7, 11) is 1.82. The normalized spacial score (nSPS) is 17.8. The average molecular weight is 332 g/mol. The lowest BCUT2D eigenvalue weighted by Crippen LogP contribution is -2.56. The van der Waals surface area contributed by atoms with Crippen LogP contribution in [0, 0.1) is 0 Å². The van der Waals surface area contributed by atoms with Gasteiger partial charge in [-0.3, -0.25) is 19.4 Å². The Hall–Kier alpha value is -2.48. The molecule has 3 rings (SSSR count). The van der Waals surface area contributed by atoms with Gasteiger partial charge in [0, 0.05) is 26.3 Å². The quantitative estimate of drug-likeness (QED) is 0.684. The van der Waals surface area contributed by atoms with Gasteiger partial charge in [0.15, 0.2) is 21.9 Å². The van der Waals surface area contributed by atoms with E-state index in [1.807, 2.05) is 13.2 Å². The van der Waals surface area contributed by atoms with Crippen LogP contribution in [-0.2, 0) is 9.59 Å². The van der Waals surface area contributed by atoms with Crippen LogP contribution in [0.1, 0.15) is 13.8 Å². The van der Waals surface area contributed by atoms with Crippen molar-refractivity contribution in [3.8, 4) is 0 Å². The van der Waals surface area contributed by atoms with Crippen LogP contribution < -0.4 is 15.9 Å². The van der Waals surface area contributed by atoms with Crippen molar-refractivity contribution >= 4 is 46.6 Å².